The van der Waals surface area contributed by atoms with Gasteiger partial charge in [0.1, 0.15) is 0 Å². The third-order valence-electron chi connectivity index (χ3n) is 5.33. The fourth-order valence-corrected chi connectivity index (χ4v) is 3.29. The Kier molecular flexibility index (Phi) is 10.8. The fraction of sp³-hybridized carbons (Fsp3) is 0.607. The summed E-state index contributed by atoms with van der Waals surface area (Å²) in [7, 11) is 0. The number of rotatable bonds is 0. The third-order valence-corrected chi connectivity index (χ3v) is 5.33. The van der Waals surface area contributed by atoms with Crippen LogP contribution in [0.25, 0.3) is 0 Å². The lowest BCUT2D eigenvalue weighted by Crippen LogP contribution is -2.14. The number of carbonyl (C=O) groups excluding carboxylic acids is 2. The van der Waals surface area contributed by atoms with E-state index in [2.05, 4.69) is 68.4 Å². The first kappa shape index (κ1) is 29.8. The van der Waals surface area contributed by atoms with Gasteiger partial charge in [-0.05, 0) is 52.4 Å². The minimum absolute atomic E-state index is 0. The van der Waals surface area contributed by atoms with Crippen molar-refractivity contribution in [3.05, 3.63) is 57.7 Å². The normalized spacial score (nSPS) is 16.2. The fourth-order valence-electron chi connectivity index (χ4n) is 3.29. The molecule has 1 heterocycles. The maximum Gasteiger partial charge on any atom is 0.335 e. The molecule has 0 radical (unpaired) electrons. The molecule has 32 heavy (non-hydrogen) atoms. The van der Waals surface area contributed by atoms with Gasteiger partial charge >= 0.3 is 5.63 Å². The van der Waals surface area contributed by atoms with Crippen molar-refractivity contribution in [3.63, 3.8) is 0 Å². The molecule has 0 N–H and O–H groups in total. The van der Waals surface area contributed by atoms with Crippen LogP contribution in [-0.4, -0.2) is 11.6 Å². The van der Waals surface area contributed by atoms with Crippen LogP contribution in [0.3, 0.4) is 0 Å². The van der Waals surface area contributed by atoms with Gasteiger partial charge in [-0.2, -0.15) is 0 Å². The monoisotopic (exact) mass is 444 g/mol. The molecule has 0 bridgehead atoms. The summed E-state index contributed by atoms with van der Waals surface area (Å²) in [6, 6.07) is 3.24. The van der Waals surface area contributed by atoms with Crippen molar-refractivity contribution in [1.29, 1.82) is 0 Å². The largest absolute Gasteiger partial charge is 0.431 e. The van der Waals surface area contributed by atoms with Gasteiger partial charge in [0.05, 0.1) is 6.26 Å². The van der Waals surface area contributed by atoms with E-state index in [1.807, 2.05) is 0 Å². The van der Waals surface area contributed by atoms with Crippen molar-refractivity contribution in [2.45, 2.75) is 101 Å². The van der Waals surface area contributed by atoms with Crippen molar-refractivity contribution < 1.29 is 14.0 Å². The predicted octanol–water partition coefficient (Wildman–Crippen LogP) is 7.22. The molecular formula is C28H44O4. The lowest BCUT2D eigenvalue weighted by molar-refractivity contribution is -0.116. The van der Waals surface area contributed by atoms with Gasteiger partial charge in [-0.3, -0.25) is 9.59 Å². The van der Waals surface area contributed by atoms with E-state index in [0.29, 0.717) is 11.6 Å². The lowest BCUT2D eigenvalue weighted by Gasteiger charge is -2.19. The van der Waals surface area contributed by atoms with E-state index in [0.717, 1.165) is 36.8 Å². The maximum absolute atomic E-state index is 11.2. The van der Waals surface area contributed by atoms with E-state index in [-0.39, 0.29) is 29.3 Å². The van der Waals surface area contributed by atoms with Crippen molar-refractivity contribution >= 4 is 11.6 Å². The summed E-state index contributed by atoms with van der Waals surface area (Å²) >= 11 is 0. The summed E-state index contributed by atoms with van der Waals surface area (Å²) in [5, 5.41) is 0. The molecule has 0 amide bonds. The molecular weight excluding hydrogens is 400 g/mol. The zero-order valence-corrected chi connectivity index (χ0v) is 20.8. The Hall–Kier alpha value is -2.23. The Labute approximate surface area is 195 Å². The van der Waals surface area contributed by atoms with Crippen molar-refractivity contribution in [2.24, 2.45) is 10.8 Å². The molecule has 0 aromatic carbocycles. The van der Waals surface area contributed by atoms with Gasteiger partial charge in [-0.15, -0.1) is 0 Å². The maximum atomic E-state index is 11.2. The molecule has 0 aliphatic heterocycles. The summed E-state index contributed by atoms with van der Waals surface area (Å²) < 4.78 is 4.73. The Morgan fingerprint density at radius 1 is 0.750 bits per heavy atom. The zero-order valence-electron chi connectivity index (χ0n) is 20.8. The molecule has 0 spiro atoms. The average Bonchev–Trinajstić information content (AvgIpc) is 3.23. The molecule has 2 aliphatic carbocycles. The van der Waals surface area contributed by atoms with E-state index < -0.39 is 0 Å². The second kappa shape index (κ2) is 11.6. The van der Waals surface area contributed by atoms with Crippen LogP contribution in [0.4, 0.5) is 0 Å². The first-order valence-electron chi connectivity index (χ1n) is 11.1. The second-order valence-electron chi connectivity index (χ2n) is 11.3. The number of hydrogen-bond acceptors (Lipinski definition) is 4. The highest BCUT2D eigenvalue weighted by Crippen LogP contribution is 2.32. The Morgan fingerprint density at radius 3 is 1.59 bits per heavy atom. The summed E-state index contributed by atoms with van der Waals surface area (Å²) in [4.78, 5) is 32.6. The molecule has 0 fully saturated rings. The van der Waals surface area contributed by atoms with Crippen molar-refractivity contribution in [1.82, 2.24) is 0 Å². The van der Waals surface area contributed by atoms with Gasteiger partial charge in [-0.1, -0.05) is 81.4 Å². The van der Waals surface area contributed by atoms with Crippen LogP contribution >= 0.6 is 0 Å². The predicted molar refractivity (Wildman–Crippen MR) is 134 cm³/mol. The molecule has 0 saturated heterocycles. The van der Waals surface area contributed by atoms with Crippen LogP contribution < -0.4 is 5.63 Å². The van der Waals surface area contributed by atoms with Crippen LogP contribution in [0.2, 0.25) is 0 Å². The highest BCUT2D eigenvalue weighted by Gasteiger charge is 2.26. The minimum Gasteiger partial charge on any atom is -0.431 e. The Balaban J connectivity index is 0.000000444. The van der Waals surface area contributed by atoms with E-state index in [1.54, 1.807) is 12.1 Å². The Morgan fingerprint density at radius 2 is 1.34 bits per heavy atom. The highest BCUT2D eigenvalue weighted by atomic mass is 16.4. The molecule has 2 aliphatic rings. The van der Waals surface area contributed by atoms with Gasteiger partial charge in [0, 0.05) is 18.9 Å². The number of Topliss-reactive ketones (excluding diaryl/α,β-unsaturated/α-hetero) is 1. The summed E-state index contributed by atoms with van der Waals surface area (Å²) in [5.41, 5.74) is 3.39. The number of ketones is 2. The summed E-state index contributed by atoms with van der Waals surface area (Å²) in [6.07, 6.45) is 8.78. The molecule has 4 heteroatoms. The SMILES string of the molecule is C.CC(C)(C)C1=CC(=O)CC1.CC(C)(C)C1=CCCC1=O.CC(C)(C)c1ccc(=O)oc1. The minimum atomic E-state index is -0.294. The quantitative estimate of drug-likeness (QED) is 0.424. The van der Waals surface area contributed by atoms with Crippen LogP contribution in [-0.2, 0) is 15.0 Å². The number of allylic oxidation sites excluding steroid dienone is 4. The summed E-state index contributed by atoms with van der Waals surface area (Å²) in [5.74, 6) is 0.637. The molecule has 4 nitrogen and oxygen atoms in total. The van der Waals surface area contributed by atoms with Gasteiger partial charge in [0.25, 0.3) is 0 Å². The van der Waals surface area contributed by atoms with E-state index in [9.17, 15) is 14.4 Å². The van der Waals surface area contributed by atoms with Gasteiger partial charge in [0.15, 0.2) is 11.6 Å². The summed E-state index contributed by atoms with van der Waals surface area (Å²) in [6.45, 7) is 18.9. The van der Waals surface area contributed by atoms with E-state index in [4.69, 9.17) is 4.42 Å². The van der Waals surface area contributed by atoms with E-state index >= 15 is 0 Å². The van der Waals surface area contributed by atoms with Crippen LogP contribution in [0.15, 0.2) is 50.9 Å². The van der Waals surface area contributed by atoms with Crippen LogP contribution in [0, 0.1) is 10.8 Å². The van der Waals surface area contributed by atoms with Crippen LogP contribution in [0.5, 0.6) is 0 Å². The van der Waals surface area contributed by atoms with E-state index in [1.165, 1.54) is 17.9 Å². The van der Waals surface area contributed by atoms with Crippen molar-refractivity contribution in [2.75, 3.05) is 0 Å². The van der Waals surface area contributed by atoms with Gasteiger partial charge in [-0.25, -0.2) is 4.79 Å². The van der Waals surface area contributed by atoms with Crippen LogP contribution in [0.1, 0.15) is 101 Å². The average molecular weight is 445 g/mol. The van der Waals surface area contributed by atoms with Gasteiger partial charge < -0.3 is 4.42 Å². The molecule has 0 saturated carbocycles. The molecule has 3 rings (SSSR count). The standard InChI is InChI=1S/C9H12O2.2C9H14O.CH4/c1-9(2,3)7-4-5-8(10)11-6-7;1-9(2,3)7-4-5-8(10)6-7;1-9(2,3)7-5-4-6-8(7)10;/h4-6H,1-3H3;6H,4-5H2,1-3H3;5H,4,6H2,1-3H3;1H4. The third kappa shape index (κ3) is 9.93. The lowest BCUT2D eigenvalue weighted by atomic mass is 9.85. The molecule has 1 aromatic rings. The number of carbonyl (C=O) groups is 2. The molecule has 1 aromatic heterocycles. The smallest absolute Gasteiger partial charge is 0.335 e. The molecule has 0 unspecified atom stereocenters. The highest BCUT2D eigenvalue weighted by molar-refractivity contribution is 5.98. The Bertz CT molecular complexity index is 871. The first-order valence-corrected chi connectivity index (χ1v) is 11.1. The topological polar surface area (TPSA) is 64.3 Å². The number of hydrogen-bond donors (Lipinski definition) is 0. The second-order valence-corrected chi connectivity index (χ2v) is 11.3. The molecule has 0 atom stereocenters. The molecule has 180 valence electrons. The van der Waals surface area contributed by atoms with Crippen molar-refractivity contribution in [3.8, 4) is 0 Å². The zero-order chi connectivity index (χ0) is 24.0. The first-order chi connectivity index (χ1) is 14.0. The van der Waals surface area contributed by atoms with Gasteiger partial charge in [0.2, 0.25) is 0 Å².